The van der Waals surface area contributed by atoms with Gasteiger partial charge in [-0.05, 0) is 67.7 Å². The number of benzene rings is 1. The number of hydrogen-bond donors (Lipinski definition) is 1. The number of hydrogen-bond acceptors (Lipinski definition) is 8. The maximum atomic E-state index is 12.7. The molecule has 8 nitrogen and oxygen atoms in total. The fourth-order valence-corrected chi connectivity index (χ4v) is 5.42. The van der Waals surface area contributed by atoms with E-state index in [4.69, 9.17) is 4.74 Å². The molecule has 10 heteroatoms. The molecule has 2 heterocycles. The van der Waals surface area contributed by atoms with E-state index in [1.165, 1.54) is 23.1 Å². The first kappa shape index (κ1) is 21.5. The molecule has 0 saturated heterocycles. The maximum Gasteiger partial charge on any atom is 0.341 e. The van der Waals surface area contributed by atoms with Crippen LogP contribution in [0.1, 0.15) is 47.5 Å². The molecular weight excluding hydrogens is 434 g/mol. The van der Waals surface area contributed by atoms with Crippen LogP contribution in [-0.2, 0) is 22.4 Å². The molecule has 0 atom stereocenters. The van der Waals surface area contributed by atoms with Crippen LogP contribution >= 0.6 is 23.1 Å². The van der Waals surface area contributed by atoms with Crippen molar-refractivity contribution in [2.24, 2.45) is 0 Å². The van der Waals surface area contributed by atoms with Crippen LogP contribution in [0.5, 0.6) is 0 Å². The summed E-state index contributed by atoms with van der Waals surface area (Å²) in [4.78, 5) is 26.6. The molecule has 0 radical (unpaired) electrons. The molecule has 162 valence electrons. The second-order valence-corrected chi connectivity index (χ2v) is 9.46. The topological polar surface area (TPSA) is 99.0 Å². The molecule has 3 aromatic rings. The number of carbonyl (C=O) groups is 2. The van der Waals surface area contributed by atoms with Crippen molar-refractivity contribution in [2.75, 3.05) is 11.1 Å². The minimum atomic E-state index is -0.370. The van der Waals surface area contributed by atoms with E-state index in [-0.39, 0.29) is 23.7 Å². The molecule has 0 saturated carbocycles. The van der Waals surface area contributed by atoms with Crippen molar-refractivity contribution in [3.05, 3.63) is 46.3 Å². The molecule has 1 aromatic carbocycles. The molecule has 31 heavy (non-hydrogen) atoms. The molecule has 0 unspecified atom stereocenters. The van der Waals surface area contributed by atoms with Gasteiger partial charge in [-0.1, -0.05) is 30.0 Å². The molecule has 0 fully saturated rings. The van der Waals surface area contributed by atoms with E-state index >= 15 is 0 Å². The third-order valence-corrected chi connectivity index (χ3v) is 6.87. The molecular formula is C21H23N5O3S2. The van der Waals surface area contributed by atoms with Crippen molar-refractivity contribution in [3.8, 4) is 5.69 Å². The Morgan fingerprint density at radius 2 is 2.00 bits per heavy atom. The Bertz CT molecular complexity index is 1080. The van der Waals surface area contributed by atoms with Gasteiger partial charge in [0.05, 0.1) is 23.1 Å². The lowest BCUT2D eigenvalue weighted by Crippen LogP contribution is -2.19. The maximum absolute atomic E-state index is 12.7. The van der Waals surface area contributed by atoms with Gasteiger partial charge in [-0.25, -0.2) is 4.79 Å². The largest absolute Gasteiger partial charge is 0.459 e. The first-order chi connectivity index (χ1) is 15.0. The third kappa shape index (κ3) is 4.96. The van der Waals surface area contributed by atoms with Gasteiger partial charge in [-0.15, -0.1) is 16.4 Å². The lowest BCUT2D eigenvalue weighted by molar-refractivity contribution is -0.113. The van der Waals surface area contributed by atoms with Crippen LogP contribution in [0.25, 0.3) is 5.69 Å². The van der Waals surface area contributed by atoms with Gasteiger partial charge in [-0.2, -0.15) is 4.68 Å². The van der Waals surface area contributed by atoms with E-state index < -0.39 is 0 Å². The van der Waals surface area contributed by atoms with Crippen molar-refractivity contribution in [3.63, 3.8) is 0 Å². The molecule has 1 aliphatic carbocycles. The number of fused-ring (bicyclic) bond motifs is 1. The number of aryl methyl sites for hydroxylation is 1. The van der Waals surface area contributed by atoms with Crippen LogP contribution in [0.2, 0.25) is 0 Å². The summed E-state index contributed by atoms with van der Waals surface area (Å²) in [6.45, 7) is 3.64. The van der Waals surface area contributed by atoms with E-state index in [2.05, 4.69) is 20.8 Å². The zero-order valence-electron chi connectivity index (χ0n) is 17.3. The Hall–Kier alpha value is -2.72. The van der Waals surface area contributed by atoms with Gasteiger partial charge < -0.3 is 10.1 Å². The minimum Gasteiger partial charge on any atom is -0.459 e. The molecule has 1 amide bonds. The quantitative estimate of drug-likeness (QED) is 0.424. The Morgan fingerprint density at radius 1 is 1.23 bits per heavy atom. The van der Waals surface area contributed by atoms with E-state index in [0.717, 1.165) is 41.8 Å². The summed E-state index contributed by atoms with van der Waals surface area (Å²) >= 11 is 2.72. The number of amides is 1. The molecule has 0 aliphatic heterocycles. The van der Waals surface area contributed by atoms with Crippen molar-refractivity contribution in [2.45, 2.75) is 50.8 Å². The van der Waals surface area contributed by atoms with E-state index in [1.54, 1.807) is 4.68 Å². The van der Waals surface area contributed by atoms with Crippen LogP contribution in [0.4, 0.5) is 5.00 Å². The van der Waals surface area contributed by atoms with Gasteiger partial charge in [-0.3, -0.25) is 4.79 Å². The summed E-state index contributed by atoms with van der Waals surface area (Å²) < 4.78 is 7.04. The Balaban J connectivity index is 1.48. The van der Waals surface area contributed by atoms with Gasteiger partial charge >= 0.3 is 5.97 Å². The normalized spacial score (nSPS) is 13.1. The highest BCUT2D eigenvalue weighted by Gasteiger charge is 2.28. The van der Waals surface area contributed by atoms with E-state index in [0.29, 0.717) is 15.7 Å². The van der Waals surface area contributed by atoms with Crippen molar-refractivity contribution < 1.29 is 14.3 Å². The Kier molecular flexibility index (Phi) is 6.67. The first-order valence-electron chi connectivity index (χ1n) is 10.1. The number of nitrogens with one attached hydrogen (secondary N) is 1. The first-order valence-corrected chi connectivity index (χ1v) is 11.9. The van der Waals surface area contributed by atoms with Gasteiger partial charge in [0.2, 0.25) is 11.1 Å². The smallest absolute Gasteiger partial charge is 0.341 e. The number of anilines is 1. The minimum absolute atomic E-state index is 0.119. The van der Waals surface area contributed by atoms with Crippen LogP contribution in [0.15, 0.2) is 35.5 Å². The third-order valence-electron chi connectivity index (χ3n) is 4.75. The predicted molar refractivity (Wildman–Crippen MR) is 120 cm³/mol. The highest BCUT2D eigenvalue weighted by Crippen LogP contribution is 2.39. The fraction of sp³-hybridized carbons (Fsp3) is 0.381. The average molecular weight is 458 g/mol. The number of esters is 1. The zero-order chi connectivity index (χ0) is 21.8. The molecule has 0 bridgehead atoms. The number of thioether (sulfide) groups is 1. The van der Waals surface area contributed by atoms with Crippen LogP contribution in [0, 0.1) is 0 Å². The number of thiophene rings is 1. The van der Waals surface area contributed by atoms with Gasteiger partial charge in [0.25, 0.3) is 0 Å². The van der Waals surface area contributed by atoms with Gasteiger partial charge in [0.1, 0.15) is 5.00 Å². The van der Waals surface area contributed by atoms with Gasteiger partial charge in [0.15, 0.2) is 0 Å². The summed E-state index contributed by atoms with van der Waals surface area (Å²) in [6, 6.07) is 9.49. The van der Waals surface area contributed by atoms with Gasteiger partial charge in [0, 0.05) is 4.88 Å². The lowest BCUT2D eigenvalue weighted by atomic mass is 9.95. The number of nitrogens with zero attached hydrogens (tertiary/aromatic N) is 4. The summed E-state index contributed by atoms with van der Waals surface area (Å²) in [7, 11) is 0. The number of tetrazole rings is 1. The fourth-order valence-electron chi connectivity index (χ4n) is 3.44. The lowest BCUT2D eigenvalue weighted by Gasteiger charge is -2.14. The Morgan fingerprint density at radius 3 is 2.77 bits per heavy atom. The molecule has 0 spiro atoms. The second-order valence-electron chi connectivity index (χ2n) is 7.41. The number of rotatable bonds is 7. The molecule has 1 aliphatic rings. The summed E-state index contributed by atoms with van der Waals surface area (Å²) in [6.07, 6.45) is 3.68. The molecule has 4 rings (SSSR count). The average Bonchev–Trinajstić information content (AvgIpc) is 3.36. The van der Waals surface area contributed by atoms with Crippen LogP contribution in [-0.4, -0.2) is 43.9 Å². The second kappa shape index (κ2) is 9.61. The van der Waals surface area contributed by atoms with Crippen molar-refractivity contribution in [1.29, 1.82) is 0 Å². The summed E-state index contributed by atoms with van der Waals surface area (Å²) in [5.74, 6) is -0.468. The van der Waals surface area contributed by atoms with E-state index in [9.17, 15) is 9.59 Å². The van der Waals surface area contributed by atoms with Crippen molar-refractivity contribution >= 4 is 40.0 Å². The number of ether oxygens (including phenoxy) is 1. The summed E-state index contributed by atoms with van der Waals surface area (Å²) in [5, 5.41) is 15.8. The number of para-hydroxylation sites is 1. The van der Waals surface area contributed by atoms with Crippen LogP contribution in [0.3, 0.4) is 0 Å². The summed E-state index contributed by atoms with van der Waals surface area (Å²) in [5.41, 5.74) is 2.36. The SMILES string of the molecule is CC(C)OC(=O)c1c(NC(=O)CSc2nnnn2-c2ccccc2)sc2c1CCCC2. The molecule has 1 N–H and O–H groups in total. The Labute approximate surface area is 188 Å². The monoisotopic (exact) mass is 457 g/mol. The zero-order valence-corrected chi connectivity index (χ0v) is 19.0. The number of carbonyl (C=O) groups excluding carboxylic acids is 2. The number of aromatic nitrogens is 4. The van der Waals surface area contributed by atoms with Crippen molar-refractivity contribution in [1.82, 2.24) is 20.2 Å². The highest BCUT2D eigenvalue weighted by atomic mass is 32.2. The van der Waals surface area contributed by atoms with Crippen LogP contribution < -0.4 is 5.32 Å². The molecule has 2 aromatic heterocycles. The predicted octanol–water partition coefficient (Wildman–Crippen LogP) is 3.90. The standard InChI is InChI=1S/C21H23N5O3S2/c1-13(2)29-20(28)18-15-10-6-7-11-16(15)31-19(18)22-17(27)12-30-21-23-24-25-26(21)14-8-4-3-5-9-14/h3-5,8-9,13H,6-7,10-12H2,1-2H3,(H,22,27). The van der Waals surface area contributed by atoms with E-state index in [1.807, 2.05) is 44.2 Å². The highest BCUT2D eigenvalue weighted by molar-refractivity contribution is 7.99.